The first-order valence-electron chi connectivity index (χ1n) is 28.1. The molecule has 378 valence electrons. The van der Waals surface area contributed by atoms with Crippen LogP contribution in [0.1, 0.15) is 111 Å². The van der Waals surface area contributed by atoms with Crippen LogP contribution in [-0.4, -0.2) is 0 Å². The topological polar surface area (TPSA) is 6.48 Å². The Labute approximate surface area is 460 Å². The highest BCUT2D eigenvalue weighted by Crippen LogP contribution is 2.59. The Morgan fingerprint density at radius 3 is 0.744 bits per heavy atom. The SMILES string of the molecule is Cc1ccc2c(N(c3ccc4c(c3)-c3ccccc3C4(C)C)c3ccc4c(c3)-c3ccccc3C4(C)C)c3cc(C)ccc3c(N(c3ccc4c(c3)-c3ccccc3C4(C)C)c3ccc4c(c3)-c3ccccc3C4(C)C)c2c1. The summed E-state index contributed by atoms with van der Waals surface area (Å²) >= 11 is 0. The second-order valence-corrected chi connectivity index (χ2v) is 25.1. The number of hydrogen-bond acceptors (Lipinski definition) is 2. The Morgan fingerprint density at radius 2 is 0.474 bits per heavy atom. The van der Waals surface area contributed by atoms with Gasteiger partial charge in [-0.2, -0.15) is 0 Å². The number of aryl methyl sites for hydroxylation is 2. The van der Waals surface area contributed by atoms with Crippen molar-refractivity contribution in [1.29, 1.82) is 0 Å². The van der Waals surface area contributed by atoms with E-state index in [0.29, 0.717) is 0 Å². The molecule has 2 heteroatoms. The van der Waals surface area contributed by atoms with Gasteiger partial charge in [0.05, 0.1) is 11.4 Å². The lowest BCUT2D eigenvalue weighted by Gasteiger charge is -2.34. The van der Waals surface area contributed by atoms with Gasteiger partial charge in [0.15, 0.2) is 0 Å². The van der Waals surface area contributed by atoms with Gasteiger partial charge in [0, 0.05) is 66.0 Å². The molecule has 0 bridgehead atoms. The molecule has 0 N–H and O–H groups in total. The van der Waals surface area contributed by atoms with Gasteiger partial charge in [-0.3, -0.25) is 0 Å². The molecule has 0 atom stereocenters. The minimum absolute atomic E-state index is 0.123. The minimum Gasteiger partial charge on any atom is -0.309 e. The first-order valence-corrected chi connectivity index (χ1v) is 28.1. The zero-order chi connectivity index (χ0) is 53.4. The van der Waals surface area contributed by atoms with E-state index < -0.39 is 0 Å². The van der Waals surface area contributed by atoms with Crippen molar-refractivity contribution >= 4 is 55.7 Å². The molecule has 0 aliphatic heterocycles. The van der Waals surface area contributed by atoms with Gasteiger partial charge in [-0.05, 0) is 164 Å². The molecule has 0 aromatic heterocycles. The number of fused-ring (bicyclic) bond motifs is 14. The van der Waals surface area contributed by atoms with Crippen LogP contribution < -0.4 is 9.80 Å². The molecule has 0 amide bonds. The fraction of sp³-hybridized carbons (Fsp3) is 0.184. The van der Waals surface area contributed by atoms with Crippen LogP contribution in [0.3, 0.4) is 0 Å². The summed E-state index contributed by atoms with van der Waals surface area (Å²) in [6.45, 7) is 23.6. The molecule has 4 aliphatic carbocycles. The van der Waals surface area contributed by atoms with E-state index in [-0.39, 0.29) is 21.7 Å². The summed E-state index contributed by atoms with van der Waals surface area (Å²) in [6, 6.07) is 79.8. The number of rotatable bonds is 6. The van der Waals surface area contributed by atoms with E-state index in [2.05, 4.69) is 285 Å². The lowest BCUT2D eigenvalue weighted by atomic mass is 9.82. The van der Waals surface area contributed by atoms with Gasteiger partial charge in [0.25, 0.3) is 0 Å². The second kappa shape index (κ2) is 16.1. The molecule has 11 aromatic rings. The highest BCUT2D eigenvalue weighted by Gasteiger charge is 2.41. The molecule has 0 heterocycles. The molecule has 2 nitrogen and oxygen atoms in total. The standard InChI is InChI=1S/C76H64N2/c1-45-27-33-55-61(39-45)71(77(47-29-35-67-57(41-47)51-19-11-15-23-63(51)73(67,3)4)48-30-36-68-58(42-48)52-20-12-16-24-64(52)74(68,5)6)56-34-28-46(2)40-62(56)72(55)78(49-31-37-69-59(43-49)53-21-13-17-25-65(53)75(69,7)8)50-32-38-70-60(44-50)54-22-14-18-26-66(54)76(70,9)10/h11-44H,1-10H3. The maximum Gasteiger partial charge on any atom is 0.0620 e. The molecule has 11 aromatic carbocycles. The smallest absolute Gasteiger partial charge is 0.0620 e. The Morgan fingerprint density at radius 1 is 0.231 bits per heavy atom. The zero-order valence-corrected chi connectivity index (χ0v) is 46.5. The third kappa shape index (κ3) is 6.32. The van der Waals surface area contributed by atoms with Crippen molar-refractivity contribution in [3.05, 3.63) is 262 Å². The van der Waals surface area contributed by atoms with Crippen LogP contribution in [-0.2, 0) is 21.7 Å². The maximum atomic E-state index is 2.61. The van der Waals surface area contributed by atoms with E-state index in [1.165, 1.54) is 133 Å². The molecule has 0 saturated heterocycles. The first kappa shape index (κ1) is 46.8. The Hall–Kier alpha value is -8.46. The number of hydrogen-bond donors (Lipinski definition) is 0. The number of benzene rings is 11. The van der Waals surface area contributed by atoms with Crippen molar-refractivity contribution in [3.63, 3.8) is 0 Å². The van der Waals surface area contributed by atoms with E-state index in [4.69, 9.17) is 0 Å². The molecule has 0 saturated carbocycles. The highest BCUT2D eigenvalue weighted by atomic mass is 15.2. The van der Waals surface area contributed by atoms with E-state index in [1.54, 1.807) is 0 Å². The van der Waals surface area contributed by atoms with Gasteiger partial charge >= 0.3 is 0 Å². The molecule has 78 heavy (non-hydrogen) atoms. The van der Waals surface area contributed by atoms with Crippen molar-refractivity contribution in [2.24, 2.45) is 0 Å². The predicted molar refractivity (Wildman–Crippen MR) is 331 cm³/mol. The molecule has 0 fully saturated rings. The van der Waals surface area contributed by atoms with Crippen molar-refractivity contribution in [1.82, 2.24) is 0 Å². The number of anilines is 6. The van der Waals surface area contributed by atoms with Gasteiger partial charge in [0.1, 0.15) is 0 Å². The van der Waals surface area contributed by atoms with E-state index in [9.17, 15) is 0 Å². The average molecular weight is 1010 g/mol. The van der Waals surface area contributed by atoms with Crippen LogP contribution in [0.4, 0.5) is 34.1 Å². The summed E-state index contributed by atoms with van der Waals surface area (Å²) in [5.41, 5.74) is 30.3. The minimum atomic E-state index is -0.123. The second-order valence-electron chi connectivity index (χ2n) is 25.1. The fourth-order valence-electron chi connectivity index (χ4n) is 15.1. The number of nitrogens with zero attached hydrogens (tertiary/aromatic N) is 2. The first-order chi connectivity index (χ1) is 37.5. The lowest BCUT2D eigenvalue weighted by Crippen LogP contribution is -2.17. The van der Waals surface area contributed by atoms with E-state index in [1.807, 2.05) is 0 Å². The Kier molecular flexibility index (Phi) is 9.64. The fourth-order valence-corrected chi connectivity index (χ4v) is 15.1. The molecule has 15 rings (SSSR count). The highest BCUT2D eigenvalue weighted by molar-refractivity contribution is 6.24. The van der Waals surface area contributed by atoms with Crippen LogP contribution in [0.25, 0.3) is 66.1 Å². The predicted octanol–water partition coefficient (Wildman–Crippen LogP) is 20.8. The Balaban J connectivity index is 1.05. The van der Waals surface area contributed by atoms with E-state index >= 15 is 0 Å². The molecule has 4 aliphatic rings. The molecule has 0 radical (unpaired) electrons. The van der Waals surface area contributed by atoms with Crippen LogP contribution in [0.2, 0.25) is 0 Å². The third-order valence-corrected chi connectivity index (χ3v) is 19.1. The van der Waals surface area contributed by atoms with Crippen molar-refractivity contribution in [2.75, 3.05) is 9.80 Å². The van der Waals surface area contributed by atoms with Gasteiger partial charge in [-0.1, -0.05) is 212 Å². The maximum absolute atomic E-state index is 2.61. The van der Waals surface area contributed by atoms with Crippen molar-refractivity contribution in [3.8, 4) is 44.5 Å². The van der Waals surface area contributed by atoms with Gasteiger partial charge < -0.3 is 9.80 Å². The molecule has 0 spiro atoms. The summed E-state index contributed by atoms with van der Waals surface area (Å²) in [5, 5.41) is 4.80. The van der Waals surface area contributed by atoms with Crippen molar-refractivity contribution in [2.45, 2.75) is 90.9 Å². The van der Waals surface area contributed by atoms with Crippen LogP contribution >= 0.6 is 0 Å². The summed E-state index contributed by atoms with van der Waals surface area (Å²) in [4.78, 5) is 5.22. The largest absolute Gasteiger partial charge is 0.309 e. The summed E-state index contributed by atoms with van der Waals surface area (Å²) in [6.07, 6.45) is 0. The van der Waals surface area contributed by atoms with Gasteiger partial charge in [-0.15, -0.1) is 0 Å². The van der Waals surface area contributed by atoms with Crippen LogP contribution in [0.5, 0.6) is 0 Å². The summed E-state index contributed by atoms with van der Waals surface area (Å²) in [5.74, 6) is 0. The molecular weight excluding hydrogens is 941 g/mol. The summed E-state index contributed by atoms with van der Waals surface area (Å²) < 4.78 is 0. The lowest BCUT2D eigenvalue weighted by molar-refractivity contribution is 0.660. The quantitative estimate of drug-likeness (QED) is 0.121. The Bertz CT molecular complexity index is 3930. The van der Waals surface area contributed by atoms with E-state index in [0.717, 1.165) is 22.7 Å². The summed E-state index contributed by atoms with van der Waals surface area (Å²) in [7, 11) is 0. The normalized spacial score (nSPS) is 15.7. The average Bonchev–Trinajstić information content (AvgIpc) is 4.07. The van der Waals surface area contributed by atoms with Crippen LogP contribution in [0, 0.1) is 13.8 Å². The van der Waals surface area contributed by atoms with Gasteiger partial charge in [-0.25, -0.2) is 0 Å². The van der Waals surface area contributed by atoms with Crippen LogP contribution in [0.15, 0.2) is 206 Å². The zero-order valence-electron chi connectivity index (χ0n) is 46.5. The third-order valence-electron chi connectivity index (χ3n) is 19.1. The molecular formula is C76H64N2. The van der Waals surface area contributed by atoms with Gasteiger partial charge in [0.2, 0.25) is 0 Å². The molecule has 0 unspecified atom stereocenters. The van der Waals surface area contributed by atoms with Crippen molar-refractivity contribution < 1.29 is 0 Å². The monoisotopic (exact) mass is 1000 g/mol.